The van der Waals surface area contributed by atoms with Gasteiger partial charge in [0.25, 0.3) is 0 Å². The molecule has 0 aliphatic heterocycles. The molecule has 2 aromatic rings. The molecular weight excluding hydrogens is 322 g/mol. The maximum atomic E-state index is 12.1. The van der Waals surface area contributed by atoms with Gasteiger partial charge in [0.05, 0.1) is 16.4 Å². The normalized spacial score (nSPS) is 10.5. The van der Waals surface area contributed by atoms with Crippen molar-refractivity contribution in [2.75, 3.05) is 30.1 Å². The van der Waals surface area contributed by atoms with Crippen molar-refractivity contribution in [3.05, 3.63) is 29.0 Å². The van der Waals surface area contributed by atoms with Gasteiger partial charge in [-0.1, -0.05) is 29.4 Å². The Bertz CT molecular complexity index is 658. The molecule has 6 nitrogen and oxygen atoms in total. The number of nitrogens with one attached hydrogen (secondary N) is 2. The molecule has 0 unspecified atom stereocenters. The van der Waals surface area contributed by atoms with Crippen molar-refractivity contribution < 1.29 is 4.79 Å². The molecule has 0 spiro atoms. The first kappa shape index (κ1) is 16.6. The second-order valence-electron chi connectivity index (χ2n) is 4.88. The van der Waals surface area contributed by atoms with Crippen molar-refractivity contribution in [1.29, 1.82) is 0 Å². The van der Waals surface area contributed by atoms with E-state index in [0.29, 0.717) is 28.0 Å². The number of rotatable bonds is 6. The summed E-state index contributed by atoms with van der Waals surface area (Å²) in [4.78, 5) is 18.1. The van der Waals surface area contributed by atoms with Crippen LogP contribution in [0.15, 0.2) is 23.4 Å². The Balaban J connectivity index is 1.91. The summed E-state index contributed by atoms with van der Waals surface area (Å²) < 4.78 is 0. The van der Waals surface area contributed by atoms with Gasteiger partial charge >= 0.3 is 0 Å². The number of aromatic amines is 1. The van der Waals surface area contributed by atoms with Crippen LogP contribution in [0.1, 0.15) is 12.2 Å². The highest BCUT2D eigenvalue weighted by atomic mass is 35.5. The van der Waals surface area contributed by atoms with Crippen molar-refractivity contribution in [3.8, 4) is 0 Å². The van der Waals surface area contributed by atoms with Gasteiger partial charge in [-0.25, -0.2) is 4.98 Å². The number of hydrogen-bond donors (Lipinski definition) is 2. The van der Waals surface area contributed by atoms with E-state index in [4.69, 9.17) is 11.6 Å². The summed E-state index contributed by atoms with van der Waals surface area (Å²) >= 11 is 7.62. The third kappa shape index (κ3) is 4.38. The molecule has 0 radical (unpaired) electrons. The van der Waals surface area contributed by atoms with Gasteiger partial charge in [-0.15, -0.1) is 5.10 Å². The zero-order chi connectivity index (χ0) is 16.1. The zero-order valence-electron chi connectivity index (χ0n) is 12.7. The summed E-state index contributed by atoms with van der Waals surface area (Å²) in [5, 5.41) is 10.9. The van der Waals surface area contributed by atoms with Gasteiger partial charge in [-0.05, 0) is 19.1 Å². The summed E-state index contributed by atoms with van der Waals surface area (Å²) in [7, 11) is 3.77. The maximum absolute atomic E-state index is 12.1. The molecule has 2 N–H and O–H groups in total. The third-order valence-corrected chi connectivity index (χ3v) is 4.00. The number of amides is 1. The molecule has 1 heterocycles. The number of aryl methyl sites for hydroxylation is 1. The molecule has 0 atom stereocenters. The summed E-state index contributed by atoms with van der Waals surface area (Å²) in [5.41, 5.74) is 1.51. The fourth-order valence-corrected chi connectivity index (χ4v) is 3.03. The Morgan fingerprint density at radius 2 is 2.23 bits per heavy atom. The number of aromatic nitrogens is 3. The number of hydrogen-bond acceptors (Lipinski definition) is 5. The Kier molecular flexibility index (Phi) is 5.68. The van der Waals surface area contributed by atoms with Crippen LogP contribution in [0.3, 0.4) is 0 Å². The standard InChI is InChI=1S/C14H18ClN5OS/c1-9-16-14(19-18-9)22-8-7-12(21)17-11-6-4-5-10(15)13(11)20(2)3/h4-6H,7-8H2,1-3H3,(H,17,21)(H,16,18,19). The average Bonchev–Trinajstić information content (AvgIpc) is 2.84. The molecule has 8 heteroatoms. The van der Waals surface area contributed by atoms with E-state index in [1.54, 1.807) is 6.07 Å². The van der Waals surface area contributed by atoms with Gasteiger partial charge in [-0.3, -0.25) is 9.89 Å². The number of carbonyl (C=O) groups is 1. The SMILES string of the molecule is Cc1nc(SCCC(=O)Nc2cccc(Cl)c2N(C)C)n[nH]1. The highest BCUT2D eigenvalue weighted by Crippen LogP contribution is 2.32. The monoisotopic (exact) mass is 339 g/mol. The highest BCUT2D eigenvalue weighted by molar-refractivity contribution is 7.99. The molecule has 118 valence electrons. The molecule has 0 saturated heterocycles. The lowest BCUT2D eigenvalue weighted by Gasteiger charge is -2.19. The van der Waals surface area contributed by atoms with Crippen LogP contribution in [0, 0.1) is 6.92 Å². The number of halogens is 1. The number of anilines is 2. The van der Waals surface area contributed by atoms with Crippen molar-refractivity contribution in [1.82, 2.24) is 15.2 Å². The lowest BCUT2D eigenvalue weighted by molar-refractivity contribution is -0.115. The Morgan fingerprint density at radius 1 is 1.45 bits per heavy atom. The first-order valence-corrected chi connectivity index (χ1v) is 8.11. The van der Waals surface area contributed by atoms with E-state index in [1.807, 2.05) is 38.1 Å². The molecule has 1 aromatic heterocycles. The van der Waals surface area contributed by atoms with Gasteiger partial charge in [0.15, 0.2) is 0 Å². The second-order valence-corrected chi connectivity index (χ2v) is 6.35. The van der Waals surface area contributed by atoms with Crippen molar-refractivity contribution >= 4 is 40.6 Å². The zero-order valence-corrected chi connectivity index (χ0v) is 14.3. The number of H-pyrrole nitrogens is 1. The van der Waals surface area contributed by atoms with Crippen LogP contribution in [-0.2, 0) is 4.79 Å². The van der Waals surface area contributed by atoms with E-state index < -0.39 is 0 Å². The second kappa shape index (κ2) is 7.51. The minimum absolute atomic E-state index is 0.0647. The number of carbonyl (C=O) groups excluding carboxylic acids is 1. The predicted octanol–water partition coefficient (Wildman–Crippen LogP) is 2.95. The lowest BCUT2D eigenvalue weighted by Crippen LogP contribution is -2.17. The van der Waals surface area contributed by atoms with E-state index in [0.717, 1.165) is 11.5 Å². The van der Waals surface area contributed by atoms with Crippen LogP contribution < -0.4 is 10.2 Å². The average molecular weight is 340 g/mol. The van der Waals surface area contributed by atoms with Crippen LogP contribution in [0.5, 0.6) is 0 Å². The molecule has 0 fully saturated rings. The molecule has 22 heavy (non-hydrogen) atoms. The molecule has 1 amide bonds. The van der Waals surface area contributed by atoms with Crippen LogP contribution in [0.25, 0.3) is 0 Å². The summed E-state index contributed by atoms with van der Waals surface area (Å²) in [5.74, 6) is 1.31. The topological polar surface area (TPSA) is 73.9 Å². The van der Waals surface area contributed by atoms with Crippen LogP contribution in [-0.4, -0.2) is 40.9 Å². The van der Waals surface area contributed by atoms with Gasteiger partial charge in [0.1, 0.15) is 5.82 Å². The van der Waals surface area contributed by atoms with Gasteiger partial charge in [0.2, 0.25) is 11.1 Å². The largest absolute Gasteiger partial charge is 0.375 e. The molecule has 2 rings (SSSR count). The quantitative estimate of drug-likeness (QED) is 0.791. The minimum atomic E-state index is -0.0647. The summed E-state index contributed by atoms with van der Waals surface area (Å²) in [6, 6.07) is 5.45. The van der Waals surface area contributed by atoms with E-state index in [9.17, 15) is 4.79 Å². The molecule has 0 aliphatic rings. The van der Waals surface area contributed by atoms with E-state index in [2.05, 4.69) is 20.5 Å². The minimum Gasteiger partial charge on any atom is -0.375 e. The van der Waals surface area contributed by atoms with Crippen LogP contribution >= 0.6 is 23.4 Å². The molecular formula is C14H18ClN5OS. The Labute approximate surface area is 138 Å². The molecule has 0 aliphatic carbocycles. The molecule has 1 aromatic carbocycles. The fraction of sp³-hybridized carbons (Fsp3) is 0.357. The van der Waals surface area contributed by atoms with E-state index in [1.165, 1.54) is 11.8 Å². The Hall–Kier alpha value is -1.73. The maximum Gasteiger partial charge on any atom is 0.225 e. The van der Waals surface area contributed by atoms with Gasteiger partial charge in [-0.2, -0.15) is 0 Å². The number of para-hydroxylation sites is 1. The van der Waals surface area contributed by atoms with E-state index in [-0.39, 0.29) is 5.91 Å². The highest BCUT2D eigenvalue weighted by Gasteiger charge is 2.12. The van der Waals surface area contributed by atoms with Crippen molar-refractivity contribution in [2.45, 2.75) is 18.5 Å². The number of nitrogens with zero attached hydrogens (tertiary/aromatic N) is 3. The Morgan fingerprint density at radius 3 is 2.86 bits per heavy atom. The van der Waals surface area contributed by atoms with E-state index >= 15 is 0 Å². The summed E-state index contributed by atoms with van der Waals surface area (Å²) in [6.07, 6.45) is 0.373. The lowest BCUT2D eigenvalue weighted by atomic mass is 10.2. The predicted molar refractivity (Wildman–Crippen MR) is 90.9 cm³/mol. The van der Waals surface area contributed by atoms with Gasteiger partial charge in [0, 0.05) is 26.3 Å². The molecule has 0 saturated carbocycles. The smallest absolute Gasteiger partial charge is 0.225 e. The van der Waals surface area contributed by atoms with Gasteiger partial charge < -0.3 is 10.2 Å². The van der Waals surface area contributed by atoms with Crippen LogP contribution in [0.4, 0.5) is 11.4 Å². The fourth-order valence-electron chi connectivity index (χ4n) is 1.91. The van der Waals surface area contributed by atoms with Crippen LogP contribution in [0.2, 0.25) is 5.02 Å². The third-order valence-electron chi connectivity index (χ3n) is 2.85. The molecule has 0 bridgehead atoms. The first-order valence-electron chi connectivity index (χ1n) is 6.75. The first-order chi connectivity index (χ1) is 10.5. The van der Waals surface area contributed by atoms with Crippen molar-refractivity contribution in [3.63, 3.8) is 0 Å². The number of benzene rings is 1. The number of thioether (sulfide) groups is 1. The summed E-state index contributed by atoms with van der Waals surface area (Å²) in [6.45, 7) is 1.84. The van der Waals surface area contributed by atoms with Crippen molar-refractivity contribution in [2.24, 2.45) is 0 Å².